The average molecular weight is 865 g/mol. The topological polar surface area (TPSA) is 7.65 Å². The molecule has 0 saturated heterocycles. The highest BCUT2D eigenvalue weighted by molar-refractivity contribution is 6.23. The van der Waals surface area contributed by atoms with Gasteiger partial charge in [-0.2, -0.15) is 0 Å². The highest BCUT2D eigenvalue weighted by Crippen LogP contribution is 2.46. The van der Waals surface area contributed by atoms with Crippen LogP contribution in [0.1, 0.15) is 0 Å². The van der Waals surface area contributed by atoms with E-state index in [0.29, 0.717) is 0 Å². The summed E-state index contributed by atoms with van der Waals surface area (Å²) in [5.41, 5.74) is 19.0. The number of pyridine rings is 1. The molecule has 11 aromatic carbocycles. The van der Waals surface area contributed by atoms with Crippen molar-refractivity contribution in [2.24, 2.45) is 0 Å². The van der Waals surface area contributed by atoms with Crippen LogP contribution in [-0.2, 0) is 0 Å². The standard InChI is InChI=1S/C66H44N2/c1-3-15-45(16-4-1)46-29-31-47(32-30-46)48-33-39-53(40-34-48)67(54-41-35-50(36-42-54)57-25-13-20-49-17-7-8-21-56(49)57)55-43-37-51(38-44-55)58-26-14-27-62-64(52-18-5-2-6-19-52)66-61-24-10-9-22-59(61)60-23-11-12-28-63(60)68(66)65(58)62/h1-44H. The fourth-order valence-corrected chi connectivity index (χ4v) is 10.6. The lowest BCUT2D eigenvalue weighted by Crippen LogP contribution is -2.09. The van der Waals surface area contributed by atoms with Gasteiger partial charge >= 0.3 is 0 Å². The Bertz CT molecular complexity index is 3960. The predicted octanol–water partition coefficient (Wildman–Crippen LogP) is 18.4. The van der Waals surface area contributed by atoms with Crippen LogP contribution in [0.4, 0.5) is 17.1 Å². The van der Waals surface area contributed by atoms with Gasteiger partial charge in [-0.25, -0.2) is 0 Å². The quantitative estimate of drug-likeness (QED) is 0.138. The predicted molar refractivity (Wildman–Crippen MR) is 289 cm³/mol. The lowest BCUT2D eigenvalue weighted by molar-refractivity contribution is 1.28. The summed E-state index contributed by atoms with van der Waals surface area (Å²) in [7, 11) is 0. The number of hydrogen-bond donors (Lipinski definition) is 0. The zero-order valence-corrected chi connectivity index (χ0v) is 37.3. The van der Waals surface area contributed by atoms with E-state index in [0.717, 1.165) is 22.6 Å². The van der Waals surface area contributed by atoms with E-state index >= 15 is 0 Å². The monoisotopic (exact) mass is 864 g/mol. The number of aromatic nitrogens is 1. The average Bonchev–Trinajstić information content (AvgIpc) is 3.78. The summed E-state index contributed by atoms with van der Waals surface area (Å²) in [5.74, 6) is 0. The van der Waals surface area contributed by atoms with Crippen LogP contribution in [0.25, 0.3) is 105 Å². The highest BCUT2D eigenvalue weighted by atomic mass is 15.1. The Hall–Kier alpha value is -8.98. The Morgan fingerprint density at radius 3 is 1.28 bits per heavy atom. The van der Waals surface area contributed by atoms with Crippen molar-refractivity contribution in [2.75, 3.05) is 4.90 Å². The first kappa shape index (κ1) is 39.4. The Kier molecular flexibility index (Phi) is 9.54. The second-order valence-corrected chi connectivity index (χ2v) is 17.6. The largest absolute Gasteiger partial charge is 0.311 e. The van der Waals surface area contributed by atoms with Crippen molar-refractivity contribution < 1.29 is 0 Å². The number of anilines is 3. The summed E-state index contributed by atoms with van der Waals surface area (Å²) >= 11 is 0. The zero-order valence-electron chi connectivity index (χ0n) is 37.3. The molecule has 0 N–H and O–H groups in total. The van der Waals surface area contributed by atoms with Gasteiger partial charge in [-0.05, 0) is 103 Å². The van der Waals surface area contributed by atoms with E-state index in [9.17, 15) is 0 Å². The molecule has 68 heavy (non-hydrogen) atoms. The molecule has 0 spiro atoms. The Morgan fingerprint density at radius 1 is 0.235 bits per heavy atom. The lowest BCUT2D eigenvalue weighted by atomic mass is 9.97. The van der Waals surface area contributed by atoms with E-state index in [1.54, 1.807) is 0 Å². The summed E-state index contributed by atoms with van der Waals surface area (Å²) in [6.45, 7) is 0. The van der Waals surface area contributed by atoms with Crippen LogP contribution in [0.15, 0.2) is 267 Å². The van der Waals surface area contributed by atoms with Crippen molar-refractivity contribution in [1.82, 2.24) is 4.40 Å². The maximum absolute atomic E-state index is 2.53. The van der Waals surface area contributed by atoms with Gasteiger partial charge in [0.1, 0.15) is 0 Å². The van der Waals surface area contributed by atoms with Gasteiger partial charge in [0.25, 0.3) is 0 Å². The van der Waals surface area contributed by atoms with E-state index in [1.165, 1.54) is 98.9 Å². The third-order valence-electron chi connectivity index (χ3n) is 13.8. The lowest BCUT2D eigenvalue weighted by Gasteiger charge is -2.26. The minimum Gasteiger partial charge on any atom is -0.311 e. The summed E-state index contributed by atoms with van der Waals surface area (Å²) < 4.78 is 2.53. The minimum atomic E-state index is 1.08. The molecule has 0 amide bonds. The summed E-state index contributed by atoms with van der Waals surface area (Å²) in [6, 6.07) is 97.3. The normalized spacial score (nSPS) is 11.5. The highest BCUT2D eigenvalue weighted by Gasteiger charge is 2.22. The van der Waals surface area contributed by atoms with Crippen LogP contribution in [0.3, 0.4) is 0 Å². The summed E-state index contributed by atoms with van der Waals surface area (Å²) in [6.07, 6.45) is 0. The third kappa shape index (κ3) is 6.65. The molecule has 0 aliphatic carbocycles. The fourth-order valence-electron chi connectivity index (χ4n) is 10.6. The van der Waals surface area contributed by atoms with Crippen LogP contribution < -0.4 is 4.90 Å². The zero-order chi connectivity index (χ0) is 45.0. The van der Waals surface area contributed by atoms with Crippen LogP contribution >= 0.6 is 0 Å². The summed E-state index contributed by atoms with van der Waals surface area (Å²) in [4.78, 5) is 2.37. The molecule has 2 nitrogen and oxygen atoms in total. The Balaban J connectivity index is 0.943. The van der Waals surface area contributed by atoms with Crippen molar-refractivity contribution in [1.29, 1.82) is 0 Å². The van der Waals surface area contributed by atoms with E-state index in [4.69, 9.17) is 0 Å². The molecule has 318 valence electrons. The number of fused-ring (bicyclic) bond motifs is 9. The van der Waals surface area contributed by atoms with Gasteiger partial charge in [-0.15, -0.1) is 0 Å². The van der Waals surface area contributed by atoms with E-state index in [2.05, 4.69) is 276 Å². The first-order valence-corrected chi connectivity index (χ1v) is 23.4. The molecule has 13 aromatic rings. The van der Waals surface area contributed by atoms with Crippen molar-refractivity contribution in [3.05, 3.63) is 267 Å². The van der Waals surface area contributed by atoms with Crippen LogP contribution in [0.2, 0.25) is 0 Å². The van der Waals surface area contributed by atoms with E-state index in [-0.39, 0.29) is 0 Å². The van der Waals surface area contributed by atoms with Crippen molar-refractivity contribution in [3.8, 4) is 55.6 Å². The van der Waals surface area contributed by atoms with Gasteiger partial charge in [-0.3, -0.25) is 0 Å². The first-order valence-electron chi connectivity index (χ1n) is 23.4. The smallest absolute Gasteiger partial charge is 0.0626 e. The number of nitrogens with zero attached hydrogens (tertiary/aromatic N) is 2. The first-order chi connectivity index (χ1) is 33.7. The Labute approximate surface area is 395 Å². The van der Waals surface area contributed by atoms with Gasteiger partial charge < -0.3 is 9.30 Å². The molecule has 0 atom stereocenters. The van der Waals surface area contributed by atoms with Gasteiger partial charge in [-0.1, -0.05) is 224 Å². The molecule has 2 heterocycles. The maximum atomic E-state index is 2.53. The number of hydrogen-bond acceptors (Lipinski definition) is 1. The maximum Gasteiger partial charge on any atom is 0.0626 e. The van der Waals surface area contributed by atoms with E-state index in [1.807, 2.05) is 0 Å². The molecule has 2 heteroatoms. The van der Waals surface area contributed by atoms with Crippen molar-refractivity contribution in [3.63, 3.8) is 0 Å². The molecule has 0 saturated carbocycles. The molecular weight excluding hydrogens is 821 g/mol. The molecule has 2 aromatic heterocycles. The van der Waals surface area contributed by atoms with Crippen molar-refractivity contribution >= 4 is 65.9 Å². The SMILES string of the molecule is c1ccc(-c2ccc(-c3ccc(N(c4ccc(-c5cccc6ccccc56)cc4)c4ccc(-c5cccc6c(-c7ccccc7)c7c8ccccc8c8ccccc8n7c56)cc4)cc3)cc2)cc1. The van der Waals surface area contributed by atoms with Gasteiger partial charge in [0.2, 0.25) is 0 Å². The number of benzene rings is 11. The van der Waals surface area contributed by atoms with Gasteiger partial charge in [0.05, 0.1) is 16.6 Å². The molecular formula is C66H44N2. The second kappa shape index (κ2) is 16.5. The number of para-hydroxylation sites is 2. The Morgan fingerprint density at radius 2 is 0.647 bits per heavy atom. The minimum absolute atomic E-state index is 1.08. The molecule has 13 rings (SSSR count). The third-order valence-corrected chi connectivity index (χ3v) is 13.8. The van der Waals surface area contributed by atoms with Gasteiger partial charge in [0.15, 0.2) is 0 Å². The van der Waals surface area contributed by atoms with Crippen molar-refractivity contribution in [2.45, 2.75) is 0 Å². The molecule has 0 fully saturated rings. The second-order valence-electron chi connectivity index (χ2n) is 17.6. The number of rotatable bonds is 8. The molecule has 0 bridgehead atoms. The molecule has 0 aliphatic rings. The fraction of sp³-hybridized carbons (Fsp3) is 0. The van der Waals surface area contributed by atoms with Crippen LogP contribution in [0.5, 0.6) is 0 Å². The van der Waals surface area contributed by atoms with E-state index < -0.39 is 0 Å². The van der Waals surface area contributed by atoms with Gasteiger partial charge in [0, 0.05) is 44.3 Å². The molecule has 0 radical (unpaired) electrons. The molecule has 0 aliphatic heterocycles. The van der Waals surface area contributed by atoms with Crippen LogP contribution in [0, 0.1) is 0 Å². The van der Waals surface area contributed by atoms with Crippen LogP contribution in [-0.4, -0.2) is 4.40 Å². The summed E-state index contributed by atoms with van der Waals surface area (Å²) in [5, 5.41) is 7.50. The molecule has 0 unspecified atom stereocenters.